The van der Waals surface area contributed by atoms with E-state index in [-0.39, 0.29) is 5.91 Å². The summed E-state index contributed by atoms with van der Waals surface area (Å²) >= 11 is 1.64. The van der Waals surface area contributed by atoms with E-state index >= 15 is 0 Å². The second kappa shape index (κ2) is 6.87. The van der Waals surface area contributed by atoms with E-state index in [4.69, 9.17) is 4.98 Å². The number of hydrogen-bond donors (Lipinski definition) is 0. The van der Waals surface area contributed by atoms with Gasteiger partial charge in [-0.25, -0.2) is 15.0 Å². The molecule has 0 aromatic carbocycles. The molecule has 1 fully saturated rings. The lowest BCUT2D eigenvalue weighted by Crippen LogP contribution is -2.28. The standard InChI is InChI=1S/C20H20N6OS/c1-14-22-15(12-28-14)10-24-11-16(21-13-24)19-23-18(17-6-2-3-9-26(17)19)20(27)25-7-4-5-8-25/h2-3,6,9,11-13H,4-5,7-8,10H2,1H3. The molecule has 1 aliphatic heterocycles. The van der Waals surface area contributed by atoms with Crippen LogP contribution in [-0.4, -0.2) is 47.8 Å². The molecule has 1 saturated heterocycles. The van der Waals surface area contributed by atoms with Crippen LogP contribution in [0.2, 0.25) is 0 Å². The Labute approximate surface area is 166 Å². The van der Waals surface area contributed by atoms with Crippen molar-refractivity contribution in [3.05, 3.63) is 58.7 Å². The van der Waals surface area contributed by atoms with E-state index in [1.807, 2.05) is 51.4 Å². The highest BCUT2D eigenvalue weighted by atomic mass is 32.1. The third-order valence-electron chi connectivity index (χ3n) is 5.02. The second-order valence-electron chi connectivity index (χ2n) is 7.03. The Hall–Kier alpha value is -3.00. The van der Waals surface area contributed by atoms with E-state index < -0.39 is 0 Å². The number of carbonyl (C=O) groups excluding carboxylic acids is 1. The molecule has 1 aliphatic rings. The number of amides is 1. The number of aromatic nitrogens is 5. The summed E-state index contributed by atoms with van der Waals surface area (Å²) in [6.07, 6.45) is 7.80. The first kappa shape index (κ1) is 17.1. The van der Waals surface area contributed by atoms with Crippen LogP contribution in [0.4, 0.5) is 0 Å². The van der Waals surface area contributed by atoms with Gasteiger partial charge in [-0.2, -0.15) is 0 Å². The van der Waals surface area contributed by atoms with Crippen molar-refractivity contribution < 1.29 is 4.79 Å². The summed E-state index contributed by atoms with van der Waals surface area (Å²) in [5.41, 5.74) is 3.08. The highest BCUT2D eigenvalue weighted by molar-refractivity contribution is 7.09. The molecular formula is C20H20N6OS. The molecule has 0 unspecified atom stereocenters. The van der Waals surface area contributed by atoms with Crippen molar-refractivity contribution in [3.63, 3.8) is 0 Å². The number of imidazole rings is 2. The molecule has 0 bridgehead atoms. The average Bonchev–Trinajstić information content (AvgIpc) is 3.48. The predicted octanol–water partition coefficient (Wildman–Crippen LogP) is 3.25. The van der Waals surface area contributed by atoms with E-state index in [1.54, 1.807) is 17.7 Å². The SMILES string of the molecule is Cc1nc(Cn2cnc(-c3nc(C(=O)N4CCCC4)c4ccccn34)c2)cs1. The van der Waals surface area contributed by atoms with Gasteiger partial charge in [-0.3, -0.25) is 9.20 Å². The number of nitrogens with zero attached hydrogens (tertiary/aromatic N) is 6. The second-order valence-corrected chi connectivity index (χ2v) is 8.09. The lowest BCUT2D eigenvalue weighted by atomic mass is 10.3. The van der Waals surface area contributed by atoms with Gasteiger partial charge in [0.2, 0.25) is 0 Å². The summed E-state index contributed by atoms with van der Waals surface area (Å²) in [6, 6.07) is 5.82. The summed E-state index contributed by atoms with van der Waals surface area (Å²) in [6.45, 7) is 4.28. The minimum atomic E-state index is 0.00447. The van der Waals surface area contributed by atoms with E-state index in [1.165, 1.54) is 0 Å². The number of thiazole rings is 1. The number of hydrogen-bond acceptors (Lipinski definition) is 5. The zero-order chi connectivity index (χ0) is 19.1. The van der Waals surface area contributed by atoms with Crippen LogP contribution in [-0.2, 0) is 6.54 Å². The molecule has 0 saturated carbocycles. The maximum Gasteiger partial charge on any atom is 0.274 e. The van der Waals surface area contributed by atoms with Crippen LogP contribution in [0.25, 0.3) is 17.0 Å². The normalized spacial score (nSPS) is 14.2. The quantitative estimate of drug-likeness (QED) is 0.535. The first-order valence-corrected chi connectivity index (χ1v) is 10.3. The molecule has 0 N–H and O–H groups in total. The van der Waals surface area contributed by atoms with Crippen molar-refractivity contribution in [2.24, 2.45) is 0 Å². The van der Waals surface area contributed by atoms with E-state index in [0.717, 1.165) is 47.8 Å². The van der Waals surface area contributed by atoms with E-state index in [2.05, 4.69) is 15.3 Å². The van der Waals surface area contributed by atoms with Crippen LogP contribution in [0.5, 0.6) is 0 Å². The lowest BCUT2D eigenvalue weighted by Gasteiger charge is -2.13. The van der Waals surface area contributed by atoms with Gasteiger partial charge in [-0.15, -0.1) is 11.3 Å². The van der Waals surface area contributed by atoms with Crippen molar-refractivity contribution in [1.29, 1.82) is 0 Å². The molecule has 1 amide bonds. The van der Waals surface area contributed by atoms with Gasteiger partial charge in [0.1, 0.15) is 5.69 Å². The molecule has 8 heteroatoms. The molecule has 0 atom stereocenters. The van der Waals surface area contributed by atoms with Gasteiger partial charge in [-0.05, 0) is 31.9 Å². The number of aryl methyl sites for hydroxylation is 1. The van der Waals surface area contributed by atoms with Crippen LogP contribution in [0.15, 0.2) is 42.3 Å². The summed E-state index contributed by atoms with van der Waals surface area (Å²) in [7, 11) is 0. The van der Waals surface area contributed by atoms with Gasteiger partial charge in [-0.1, -0.05) is 6.07 Å². The van der Waals surface area contributed by atoms with Crippen molar-refractivity contribution in [3.8, 4) is 11.5 Å². The van der Waals surface area contributed by atoms with E-state index in [0.29, 0.717) is 18.1 Å². The minimum absolute atomic E-state index is 0.00447. The van der Waals surface area contributed by atoms with E-state index in [9.17, 15) is 4.79 Å². The van der Waals surface area contributed by atoms with Crippen molar-refractivity contribution in [2.75, 3.05) is 13.1 Å². The minimum Gasteiger partial charge on any atom is -0.337 e. The number of carbonyl (C=O) groups is 1. The van der Waals surface area contributed by atoms with Gasteiger partial charge in [0.15, 0.2) is 11.5 Å². The molecular weight excluding hydrogens is 372 g/mol. The molecule has 0 spiro atoms. The van der Waals surface area contributed by atoms with Crippen LogP contribution < -0.4 is 0 Å². The first-order chi connectivity index (χ1) is 13.7. The Balaban J connectivity index is 1.51. The van der Waals surface area contributed by atoms with Crippen LogP contribution in [0, 0.1) is 6.92 Å². The third-order valence-corrected chi connectivity index (χ3v) is 5.84. The van der Waals surface area contributed by atoms with Crippen molar-refractivity contribution in [1.82, 2.24) is 28.8 Å². The Morgan fingerprint density at radius 1 is 1.21 bits per heavy atom. The lowest BCUT2D eigenvalue weighted by molar-refractivity contribution is 0.0789. The van der Waals surface area contributed by atoms with Gasteiger partial charge < -0.3 is 9.47 Å². The average molecular weight is 392 g/mol. The Morgan fingerprint density at radius 2 is 2.07 bits per heavy atom. The molecule has 4 aromatic heterocycles. The van der Waals surface area contributed by atoms with Gasteiger partial charge in [0.05, 0.1) is 29.1 Å². The maximum atomic E-state index is 13.0. The van der Waals surface area contributed by atoms with Crippen LogP contribution in [0.3, 0.4) is 0 Å². The van der Waals surface area contributed by atoms with Crippen molar-refractivity contribution in [2.45, 2.75) is 26.3 Å². The summed E-state index contributed by atoms with van der Waals surface area (Å²) < 4.78 is 3.94. The fraction of sp³-hybridized carbons (Fsp3) is 0.300. The number of rotatable bonds is 4. The summed E-state index contributed by atoms with van der Waals surface area (Å²) in [4.78, 5) is 28.6. The van der Waals surface area contributed by atoms with Crippen LogP contribution >= 0.6 is 11.3 Å². The fourth-order valence-corrected chi connectivity index (χ4v) is 4.28. The molecule has 7 nitrogen and oxygen atoms in total. The van der Waals surface area contributed by atoms with Gasteiger partial charge >= 0.3 is 0 Å². The fourth-order valence-electron chi connectivity index (χ4n) is 3.68. The molecule has 0 radical (unpaired) electrons. The molecule has 5 heterocycles. The number of likely N-dealkylation sites (tertiary alicyclic amines) is 1. The molecule has 4 aromatic rings. The summed E-state index contributed by atoms with van der Waals surface area (Å²) in [5, 5.41) is 3.12. The zero-order valence-electron chi connectivity index (χ0n) is 15.6. The molecule has 5 rings (SSSR count). The first-order valence-electron chi connectivity index (χ1n) is 9.38. The van der Waals surface area contributed by atoms with Gasteiger partial charge in [0, 0.05) is 30.9 Å². The number of pyridine rings is 1. The molecule has 28 heavy (non-hydrogen) atoms. The summed E-state index contributed by atoms with van der Waals surface area (Å²) in [5.74, 6) is 0.691. The monoisotopic (exact) mass is 392 g/mol. The third kappa shape index (κ3) is 2.99. The topological polar surface area (TPSA) is 68.3 Å². The predicted molar refractivity (Wildman–Crippen MR) is 108 cm³/mol. The highest BCUT2D eigenvalue weighted by Crippen LogP contribution is 2.24. The highest BCUT2D eigenvalue weighted by Gasteiger charge is 2.25. The largest absolute Gasteiger partial charge is 0.337 e. The maximum absolute atomic E-state index is 13.0. The Bertz CT molecular complexity index is 1150. The Morgan fingerprint density at radius 3 is 2.86 bits per heavy atom. The smallest absolute Gasteiger partial charge is 0.274 e. The van der Waals surface area contributed by atoms with Crippen LogP contribution in [0.1, 0.15) is 34.0 Å². The molecule has 142 valence electrons. The Kier molecular flexibility index (Phi) is 4.20. The number of fused-ring (bicyclic) bond motifs is 1. The van der Waals surface area contributed by atoms with Gasteiger partial charge in [0.25, 0.3) is 5.91 Å². The molecule has 0 aliphatic carbocycles. The van der Waals surface area contributed by atoms with Crippen molar-refractivity contribution >= 4 is 22.8 Å². The zero-order valence-corrected chi connectivity index (χ0v) is 16.4.